The summed E-state index contributed by atoms with van der Waals surface area (Å²) in [6.07, 6.45) is 1.51. The molecule has 0 radical (unpaired) electrons. The molecule has 0 saturated carbocycles. The molecule has 0 spiro atoms. The van der Waals surface area contributed by atoms with E-state index in [4.69, 9.17) is 25.5 Å². The molecule has 7 heteroatoms. The molecule has 0 aliphatic carbocycles. The minimum Gasteiger partial charge on any atom is -0.488 e. The molecule has 1 aromatic heterocycles. The number of amides is 1. The Morgan fingerprint density at radius 3 is 2.57 bits per heavy atom. The summed E-state index contributed by atoms with van der Waals surface area (Å²) in [6.45, 7) is 0.0207. The lowest BCUT2D eigenvalue weighted by atomic mass is 10.2. The first kappa shape index (κ1) is 19.5. The third-order valence-electron chi connectivity index (χ3n) is 3.82. The summed E-state index contributed by atoms with van der Waals surface area (Å²) >= 11 is 6.12. The smallest absolute Gasteiger partial charge is 0.342 e. The number of halogens is 1. The van der Waals surface area contributed by atoms with E-state index < -0.39 is 18.5 Å². The summed E-state index contributed by atoms with van der Waals surface area (Å²) in [7, 11) is 0. The maximum Gasteiger partial charge on any atom is 0.342 e. The molecule has 2 aromatic carbocycles. The van der Waals surface area contributed by atoms with Crippen molar-refractivity contribution in [2.75, 3.05) is 6.61 Å². The van der Waals surface area contributed by atoms with Gasteiger partial charge in [-0.15, -0.1) is 0 Å². The third kappa shape index (κ3) is 5.37. The van der Waals surface area contributed by atoms with Crippen molar-refractivity contribution in [3.8, 4) is 5.75 Å². The summed E-state index contributed by atoms with van der Waals surface area (Å²) in [4.78, 5) is 24.2. The molecule has 0 aliphatic rings. The standard InChI is InChI=1S/C21H18ClNO5/c22-18-9-3-1-6-15(18)13-27-19-10-4-2-8-17(19)21(25)28-14-20(24)23-12-16-7-5-11-26-16/h1-11H,12-14H2,(H,23,24). The van der Waals surface area contributed by atoms with E-state index in [0.29, 0.717) is 16.5 Å². The van der Waals surface area contributed by atoms with E-state index >= 15 is 0 Å². The Morgan fingerprint density at radius 2 is 1.79 bits per heavy atom. The fourth-order valence-corrected chi connectivity index (χ4v) is 2.58. The van der Waals surface area contributed by atoms with Gasteiger partial charge in [0, 0.05) is 10.6 Å². The Labute approximate surface area is 167 Å². The van der Waals surface area contributed by atoms with Crippen LogP contribution in [-0.2, 0) is 22.7 Å². The van der Waals surface area contributed by atoms with E-state index in [0.717, 1.165) is 5.56 Å². The van der Waals surface area contributed by atoms with Crippen molar-refractivity contribution in [1.29, 1.82) is 0 Å². The van der Waals surface area contributed by atoms with E-state index in [9.17, 15) is 9.59 Å². The molecular weight excluding hydrogens is 382 g/mol. The van der Waals surface area contributed by atoms with Gasteiger partial charge in [0.2, 0.25) is 0 Å². The lowest BCUT2D eigenvalue weighted by Gasteiger charge is -2.12. The number of carbonyl (C=O) groups excluding carboxylic acids is 2. The first-order valence-corrected chi connectivity index (χ1v) is 8.92. The number of esters is 1. The molecule has 144 valence electrons. The van der Waals surface area contributed by atoms with Crippen LogP contribution in [0.15, 0.2) is 71.3 Å². The van der Waals surface area contributed by atoms with Gasteiger partial charge in [0.1, 0.15) is 23.7 Å². The Morgan fingerprint density at radius 1 is 1.00 bits per heavy atom. The van der Waals surface area contributed by atoms with Crippen LogP contribution in [0.25, 0.3) is 0 Å². The van der Waals surface area contributed by atoms with Gasteiger partial charge in [0.15, 0.2) is 6.61 Å². The van der Waals surface area contributed by atoms with Crippen LogP contribution in [0.5, 0.6) is 5.75 Å². The van der Waals surface area contributed by atoms with Crippen molar-refractivity contribution in [3.05, 3.63) is 88.8 Å². The van der Waals surface area contributed by atoms with Gasteiger partial charge in [0.25, 0.3) is 5.91 Å². The Hall–Kier alpha value is -3.25. The molecule has 3 aromatic rings. The van der Waals surface area contributed by atoms with Crippen molar-refractivity contribution in [3.63, 3.8) is 0 Å². The second kappa shape index (κ2) is 9.62. The van der Waals surface area contributed by atoms with Crippen molar-refractivity contribution < 1.29 is 23.5 Å². The molecule has 0 bridgehead atoms. The molecule has 0 fully saturated rings. The van der Waals surface area contributed by atoms with Gasteiger partial charge >= 0.3 is 5.97 Å². The van der Waals surface area contributed by atoms with E-state index in [-0.39, 0.29) is 18.7 Å². The molecule has 1 N–H and O–H groups in total. The predicted octanol–water partition coefficient (Wildman–Crippen LogP) is 3.99. The van der Waals surface area contributed by atoms with E-state index in [1.807, 2.05) is 18.2 Å². The number of hydrogen-bond donors (Lipinski definition) is 1. The van der Waals surface area contributed by atoms with Crippen LogP contribution in [0.3, 0.4) is 0 Å². The van der Waals surface area contributed by atoms with Gasteiger partial charge < -0.3 is 19.2 Å². The average molecular weight is 400 g/mol. The topological polar surface area (TPSA) is 77.8 Å². The maximum atomic E-state index is 12.4. The lowest BCUT2D eigenvalue weighted by Crippen LogP contribution is -2.28. The largest absolute Gasteiger partial charge is 0.488 e. The Balaban J connectivity index is 1.54. The number of hydrogen-bond acceptors (Lipinski definition) is 5. The Bertz CT molecular complexity index is 939. The van der Waals surface area contributed by atoms with Gasteiger partial charge in [-0.05, 0) is 30.3 Å². The quantitative estimate of drug-likeness (QED) is 0.579. The van der Waals surface area contributed by atoms with Crippen molar-refractivity contribution >= 4 is 23.5 Å². The highest BCUT2D eigenvalue weighted by Crippen LogP contribution is 2.22. The van der Waals surface area contributed by atoms with E-state index in [2.05, 4.69) is 5.32 Å². The van der Waals surface area contributed by atoms with Crippen LogP contribution >= 0.6 is 11.6 Å². The number of benzene rings is 2. The second-order valence-corrected chi connectivity index (χ2v) is 6.22. The molecule has 1 amide bonds. The molecule has 3 rings (SSSR count). The highest BCUT2D eigenvalue weighted by atomic mass is 35.5. The highest BCUT2D eigenvalue weighted by molar-refractivity contribution is 6.31. The zero-order chi connectivity index (χ0) is 19.8. The molecule has 0 unspecified atom stereocenters. The SMILES string of the molecule is O=C(COC(=O)c1ccccc1OCc1ccccc1Cl)NCc1ccco1. The lowest BCUT2D eigenvalue weighted by molar-refractivity contribution is -0.124. The molecule has 0 aliphatic heterocycles. The molecule has 28 heavy (non-hydrogen) atoms. The number of furan rings is 1. The molecule has 1 heterocycles. The highest BCUT2D eigenvalue weighted by Gasteiger charge is 2.16. The predicted molar refractivity (Wildman–Crippen MR) is 103 cm³/mol. The summed E-state index contributed by atoms with van der Waals surface area (Å²) in [6, 6.07) is 17.4. The second-order valence-electron chi connectivity index (χ2n) is 5.81. The van der Waals surface area contributed by atoms with Crippen LogP contribution in [-0.4, -0.2) is 18.5 Å². The summed E-state index contributed by atoms with van der Waals surface area (Å²) in [5.74, 6) is -0.122. The molecule has 6 nitrogen and oxygen atoms in total. The minimum absolute atomic E-state index is 0.202. The fraction of sp³-hybridized carbons (Fsp3) is 0.143. The summed E-state index contributed by atoms with van der Waals surface area (Å²) in [5, 5.41) is 3.18. The monoisotopic (exact) mass is 399 g/mol. The first-order valence-electron chi connectivity index (χ1n) is 8.55. The molecule has 0 saturated heterocycles. The zero-order valence-corrected chi connectivity index (χ0v) is 15.6. The van der Waals surface area contributed by atoms with E-state index in [1.54, 1.807) is 42.5 Å². The van der Waals surface area contributed by atoms with Crippen LogP contribution in [0.4, 0.5) is 0 Å². The van der Waals surface area contributed by atoms with Gasteiger partial charge in [-0.3, -0.25) is 4.79 Å². The zero-order valence-electron chi connectivity index (χ0n) is 14.9. The number of para-hydroxylation sites is 1. The normalized spacial score (nSPS) is 10.3. The number of ether oxygens (including phenoxy) is 2. The summed E-state index contributed by atoms with van der Waals surface area (Å²) in [5.41, 5.74) is 1.03. The van der Waals surface area contributed by atoms with Crippen LogP contribution in [0, 0.1) is 0 Å². The van der Waals surface area contributed by atoms with Crippen LogP contribution in [0.2, 0.25) is 5.02 Å². The van der Waals surface area contributed by atoms with Gasteiger partial charge in [-0.25, -0.2) is 4.79 Å². The van der Waals surface area contributed by atoms with Gasteiger partial charge in [-0.1, -0.05) is 41.9 Å². The fourth-order valence-electron chi connectivity index (χ4n) is 2.39. The third-order valence-corrected chi connectivity index (χ3v) is 4.19. The average Bonchev–Trinajstić information content (AvgIpc) is 3.24. The number of carbonyl (C=O) groups is 2. The van der Waals surface area contributed by atoms with Crippen molar-refractivity contribution in [2.24, 2.45) is 0 Å². The Kier molecular flexibility index (Phi) is 6.70. The van der Waals surface area contributed by atoms with Gasteiger partial charge in [0.05, 0.1) is 12.8 Å². The number of rotatable bonds is 8. The van der Waals surface area contributed by atoms with Crippen LogP contribution in [0.1, 0.15) is 21.7 Å². The van der Waals surface area contributed by atoms with Crippen molar-refractivity contribution in [2.45, 2.75) is 13.2 Å². The summed E-state index contributed by atoms with van der Waals surface area (Å²) < 4.78 is 15.9. The molecular formula is C21H18ClNO5. The first-order chi connectivity index (χ1) is 13.6. The maximum absolute atomic E-state index is 12.4. The van der Waals surface area contributed by atoms with Crippen LogP contribution < -0.4 is 10.1 Å². The molecule has 0 atom stereocenters. The number of nitrogens with one attached hydrogen (secondary N) is 1. The van der Waals surface area contributed by atoms with Crippen molar-refractivity contribution in [1.82, 2.24) is 5.32 Å². The van der Waals surface area contributed by atoms with Gasteiger partial charge in [-0.2, -0.15) is 0 Å². The van der Waals surface area contributed by atoms with E-state index in [1.165, 1.54) is 6.26 Å². The minimum atomic E-state index is -0.650.